The summed E-state index contributed by atoms with van der Waals surface area (Å²) in [5, 5.41) is 0. The van der Waals surface area contributed by atoms with Crippen molar-refractivity contribution in [3.05, 3.63) is 54.8 Å². The number of hydrogen-bond acceptors (Lipinski definition) is 9. The van der Waals surface area contributed by atoms with E-state index >= 15 is 0 Å². The number of piperazine rings is 1. The third-order valence-electron chi connectivity index (χ3n) is 11.0. The number of likely N-dealkylation sites (tertiary alicyclic amines) is 1. The molecule has 0 bridgehead atoms. The molecule has 1 saturated carbocycles. The average Bonchev–Trinajstić information content (AvgIpc) is 3.57. The normalized spacial score (nSPS) is 21.5. The molecule has 2 aromatic rings. The van der Waals surface area contributed by atoms with Gasteiger partial charge in [-0.05, 0) is 95.4 Å². The predicted molar refractivity (Wildman–Crippen MR) is 197 cm³/mol. The minimum absolute atomic E-state index is 0.0707. The number of nitrogens with one attached hydrogen (secondary N) is 1. The van der Waals surface area contributed by atoms with Crippen LogP contribution in [0, 0.1) is 17.2 Å². The summed E-state index contributed by atoms with van der Waals surface area (Å²) in [4.78, 5) is 42.3. The minimum Gasteiger partial charge on any atom is -0.451 e. The highest BCUT2D eigenvalue weighted by Gasteiger charge is 2.46. The van der Waals surface area contributed by atoms with Crippen LogP contribution in [0.15, 0.2) is 43.4 Å². The Kier molecular flexibility index (Phi) is 11.5. The molecule has 6 rings (SSSR count). The molecule has 0 unspecified atom stereocenters. The molecule has 13 nitrogen and oxygen atoms in total. The van der Waals surface area contributed by atoms with Gasteiger partial charge in [-0.25, -0.2) is 14.4 Å². The van der Waals surface area contributed by atoms with Crippen molar-refractivity contribution in [1.29, 1.82) is 0 Å². The number of ether oxygens (including phenoxy) is 1. The zero-order chi connectivity index (χ0) is 37.2. The first-order valence-electron chi connectivity index (χ1n) is 18.5. The van der Waals surface area contributed by atoms with Crippen molar-refractivity contribution in [2.75, 3.05) is 63.8 Å². The molecule has 4 aliphatic rings. The van der Waals surface area contributed by atoms with Gasteiger partial charge >= 0.3 is 0 Å². The van der Waals surface area contributed by atoms with E-state index in [-0.39, 0.29) is 59.8 Å². The molecule has 1 spiro atoms. The quantitative estimate of drug-likeness (QED) is 0.322. The number of halogens is 1. The fourth-order valence-corrected chi connectivity index (χ4v) is 9.95. The molecule has 2 amide bonds. The van der Waals surface area contributed by atoms with Gasteiger partial charge in [0.05, 0.1) is 11.8 Å². The smallest absolute Gasteiger partial charge is 0.279 e. The summed E-state index contributed by atoms with van der Waals surface area (Å²) in [6.07, 6.45) is 9.00. The summed E-state index contributed by atoms with van der Waals surface area (Å²) in [5.74, 6) is 0.805. The van der Waals surface area contributed by atoms with Crippen molar-refractivity contribution in [3.8, 4) is 11.5 Å². The summed E-state index contributed by atoms with van der Waals surface area (Å²) >= 11 is 0. The number of hydrogen-bond donors (Lipinski definition) is 1. The fraction of sp³-hybridized carbons (Fsp3) is 0.622. The number of amides is 2. The maximum absolute atomic E-state index is 14.4. The van der Waals surface area contributed by atoms with Gasteiger partial charge in [0.1, 0.15) is 17.9 Å². The third kappa shape index (κ3) is 8.42. The zero-order valence-electron chi connectivity index (χ0n) is 30.8. The topological polar surface area (TPSA) is 132 Å². The molecular formula is C37H53FN8O5S. The molecule has 1 N–H and O–H groups in total. The van der Waals surface area contributed by atoms with Crippen molar-refractivity contribution in [2.24, 2.45) is 11.3 Å². The lowest BCUT2D eigenvalue weighted by Gasteiger charge is -2.54. The number of aromatic nitrogens is 2. The highest BCUT2D eigenvalue weighted by Crippen LogP contribution is 2.45. The molecule has 4 fully saturated rings. The van der Waals surface area contributed by atoms with E-state index in [2.05, 4.69) is 31.1 Å². The zero-order valence-corrected chi connectivity index (χ0v) is 31.7. The maximum atomic E-state index is 14.4. The van der Waals surface area contributed by atoms with Crippen molar-refractivity contribution < 1.29 is 27.1 Å². The Morgan fingerprint density at radius 1 is 1.06 bits per heavy atom. The van der Waals surface area contributed by atoms with Crippen LogP contribution >= 0.6 is 0 Å². The highest BCUT2D eigenvalue weighted by molar-refractivity contribution is 7.87. The van der Waals surface area contributed by atoms with E-state index in [0.717, 1.165) is 64.8 Å². The number of benzene rings is 1. The fourth-order valence-electron chi connectivity index (χ4n) is 8.50. The monoisotopic (exact) mass is 740 g/mol. The summed E-state index contributed by atoms with van der Waals surface area (Å²) < 4.78 is 51.3. The molecule has 1 aliphatic carbocycles. The van der Waals surface area contributed by atoms with Crippen molar-refractivity contribution in [2.45, 2.75) is 77.9 Å². The second-order valence-electron chi connectivity index (χ2n) is 15.4. The maximum Gasteiger partial charge on any atom is 0.279 e. The molecular weight excluding hydrogens is 688 g/mol. The first kappa shape index (κ1) is 38.1. The van der Waals surface area contributed by atoms with Crippen LogP contribution in [-0.2, 0) is 15.0 Å². The largest absolute Gasteiger partial charge is 0.451 e. The third-order valence-corrected chi connectivity index (χ3v) is 12.7. The Morgan fingerprint density at radius 2 is 1.75 bits per heavy atom. The molecule has 4 heterocycles. The van der Waals surface area contributed by atoms with Gasteiger partial charge in [0.15, 0.2) is 11.6 Å². The van der Waals surface area contributed by atoms with Crippen molar-refractivity contribution >= 4 is 27.8 Å². The Bertz CT molecular complexity index is 1710. The first-order chi connectivity index (χ1) is 24.8. The number of nitrogens with zero attached hydrogens (tertiary/aromatic N) is 7. The second-order valence-corrected chi connectivity index (χ2v) is 17.2. The standard InChI is InChI=1S/C37H53FN8O5S/c1-6-34(47)43-15-17-45(18-16-43)52(49,50)41-30-9-12-37(13-10-30)23-42(24-37)21-28-11-14-44(22-28)35-33(20-39-25-40-35)51-32-8-7-29(38)19-31(32)36(48)46(26(2)3)27(4)5/h6-8,19-20,25-28,30,41H,1,9-18,21-24H2,2-5H3/t28-/m0/s1. The number of rotatable bonds is 12. The van der Waals surface area contributed by atoms with E-state index in [9.17, 15) is 22.4 Å². The van der Waals surface area contributed by atoms with E-state index in [1.165, 1.54) is 34.9 Å². The summed E-state index contributed by atoms with van der Waals surface area (Å²) in [6.45, 7) is 17.2. The number of carbonyl (C=O) groups excluding carboxylic acids is 2. The predicted octanol–water partition coefficient (Wildman–Crippen LogP) is 3.90. The average molecular weight is 741 g/mol. The van der Waals surface area contributed by atoms with Gasteiger partial charge in [-0.15, -0.1) is 0 Å². The molecule has 15 heteroatoms. The summed E-state index contributed by atoms with van der Waals surface area (Å²) in [6, 6.07) is 3.79. The van der Waals surface area contributed by atoms with Gasteiger partial charge in [-0.3, -0.25) is 9.59 Å². The lowest BCUT2D eigenvalue weighted by atomic mass is 9.67. The molecule has 284 valence electrons. The molecule has 52 heavy (non-hydrogen) atoms. The van der Waals surface area contributed by atoms with Crippen LogP contribution in [0.4, 0.5) is 10.2 Å². The second kappa shape index (κ2) is 15.7. The van der Waals surface area contributed by atoms with Crippen LogP contribution in [0.2, 0.25) is 0 Å². The van der Waals surface area contributed by atoms with E-state index in [0.29, 0.717) is 30.6 Å². The van der Waals surface area contributed by atoms with Gasteiger partial charge in [0, 0.05) is 77.0 Å². The molecule has 0 radical (unpaired) electrons. The molecule has 3 saturated heterocycles. The van der Waals surface area contributed by atoms with Crippen LogP contribution in [0.5, 0.6) is 11.5 Å². The molecule has 1 aromatic heterocycles. The van der Waals surface area contributed by atoms with Gasteiger partial charge in [0.2, 0.25) is 5.91 Å². The van der Waals surface area contributed by atoms with E-state index in [1.807, 2.05) is 27.7 Å². The van der Waals surface area contributed by atoms with E-state index in [4.69, 9.17) is 4.74 Å². The summed E-state index contributed by atoms with van der Waals surface area (Å²) in [5.41, 5.74) is 0.404. The molecule has 1 atom stereocenters. The van der Waals surface area contributed by atoms with Crippen LogP contribution in [0.3, 0.4) is 0 Å². The Labute approximate surface area is 307 Å². The van der Waals surface area contributed by atoms with E-state index in [1.54, 1.807) is 16.0 Å². The lowest BCUT2D eigenvalue weighted by Crippen LogP contribution is -2.60. The van der Waals surface area contributed by atoms with Crippen LogP contribution in [0.25, 0.3) is 0 Å². The summed E-state index contributed by atoms with van der Waals surface area (Å²) in [7, 11) is -3.60. The molecule has 1 aromatic carbocycles. The minimum atomic E-state index is -3.60. The van der Waals surface area contributed by atoms with Gasteiger partial charge in [-0.2, -0.15) is 17.4 Å². The van der Waals surface area contributed by atoms with Crippen LogP contribution in [0.1, 0.15) is 70.2 Å². The Hall–Kier alpha value is -3.66. The Balaban J connectivity index is 0.992. The number of anilines is 1. The Morgan fingerprint density at radius 3 is 2.40 bits per heavy atom. The van der Waals surface area contributed by atoms with Gasteiger partial charge < -0.3 is 24.3 Å². The van der Waals surface area contributed by atoms with E-state index < -0.39 is 16.0 Å². The lowest BCUT2D eigenvalue weighted by molar-refractivity contribution is -0.127. The van der Waals surface area contributed by atoms with Crippen molar-refractivity contribution in [3.63, 3.8) is 0 Å². The highest BCUT2D eigenvalue weighted by atomic mass is 32.2. The molecule has 3 aliphatic heterocycles. The van der Waals surface area contributed by atoms with Crippen LogP contribution in [-0.4, -0.2) is 126 Å². The number of carbonyl (C=O) groups is 2. The van der Waals surface area contributed by atoms with Gasteiger partial charge in [0.25, 0.3) is 16.1 Å². The van der Waals surface area contributed by atoms with Gasteiger partial charge in [-0.1, -0.05) is 6.58 Å². The first-order valence-corrected chi connectivity index (χ1v) is 20.0. The van der Waals surface area contributed by atoms with Crippen molar-refractivity contribution in [1.82, 2.24) is 33.7 Å². The SMILES string of the molecule is C=CC(=O)N1CCN(S(=O)(=O)NC2CCC3(CC2)CN(C[C@@H]2CCN(c4ncncc4Oc4ccc(F)cc4C(=O)N(C(C)C)C(C)C)C2)C3)CC1. The van der Waals surface area contributed by atoms with Crippen LogP contribution < -0.4 is 14.4 Å².